The molecule has 1 atom stereocenters. The summed E-state index contributed by atoms with van der Waals surface area (Å²) in [4.78, 5) is 18.5. The number of hydrogen-bond donors (Lipinski definition) is 0. The topological polar surface area (TPSA) is 42.4 Å². The summed E-state index contributed by atoms with van der Waals surface area (Å²) < 4.78 is 19.4. The highest BCUT2D eigenvalue weighted by atomic mass is 32.2. The number of pyridine rings is 1. The lowest BCUT2D eigenvalue weighted by molar-refractivity contribution is 0.0255. The standard InChI is InChI=1S/C20H21FN2O2S/c1-14-8-16(21)2-3-18(14)19(24)23-12-20(13-23)9-17(11-26-20)25-10-15-4-6-22-7-5-15/h2-8,17H,9-13H2,1H3. The fourth-order valence-corrected chi connectivity index (χ4v) is 5.20. The van der Waals surface area contributed by atoms with Gasteiger partial charge in [0.2, 0.25) is 0 Å². The van der Waals surface area contributed by atoms with E-state index in [1.165, 1.54) is 12.1 Å². The third-order valence-corrected chi connectivity index (χ3v) is 6.65. The van der Waals surface area contributed by atoms with Gasteiger partial charge in [0.1, 0.15) is 5.82 Å². The zero-order chi connectivity index (χ0) is 18.1. The van der Waals surface area contributed by atoms with Crippen LogP contribution in [-0.4, -0.2) is 45.5 Å². The molecule has 2 saturated heterocycles. The van der Waals surface area contributed by atoms with E-state index in [0.29, 0.717) is 17.7 Å². The molecule has 0 saturated carbocycles. The summed E-state index contributed by atoms with van der Waals surface area (Å²) in [6.45, 7) is 3.85. The molecule has 0 bridgehead atoms. The highest BCUT2D eigenvalue weighted by Crippen LogP contribution is 2.46. The van der Waals surface area contributed by atoms with E-state index in [4.69, 9.17) is 4.74 Å². The molecule has 2 aliphatic rings. The molecule has 26 heavy (non-hydrogen) atoms. The maximum absolute atomic E-state index is 13.2. The maximum Gasteiger partial charge on any atom is 0.254 e. The van der Waals surface area contributed by atoms with Crippen molar-refractivity contribution < 1.29 is 13.9 Å². The van der Waals surface area contributed by atoms with Crippen LogP contribution in [-0.2, 0) is 11.3 Å². The van der Waals surface area contributed by atoms with Crippen molar-refractivity contribution in [3.05, 3.63) is 65.2 Å². The van der Waals surface area contributed by atoms with Gasteiger partial charge in [0.15, 0.2) is 0 Å². The predicted molar refractivity (Wildman–Crippen MR) is 99.7 cm³/mol. The summed E-state index contributed by atoms with van der Waals surface area (Å²) in [6.07, 6.45) is 4.74. The van der Waals surface area contributed by atoms with Crippen molar-refractivity contribution >= 4 is 17.7 Å². The minimum atomic E-state index is -0.306. The van der Waals surface area contributed by atoms with Gasteiger partial charge in [-0.05, 0) is 54.8 Å². The number of aromatic nitrogens is 1. The maximum atomic E-state index is 13.2. The van der Waals surface area contributed by atoms with E-state index >= 15 is 0 Å². The number of halogens is 1. The van der Waals surface area contributed by atoms with Crippen molar-refractivity contribution in [2.45, 2.75) is 30.8 Å². The molecule has 1 spiro atoms. The first-order valence-electron chi connectivity index (χ1n) is 8.75. The molecule has 0 N–H and O–H groups in total. The minimum absolute atomic E-state index is 0.00474. The molecule has 136 valence electrons. The zero-order valence-corrected chi connectivity index (χ0v) is 15.5. The number of thioether (sulfide) groups is 1. The Kier molecular flexibility index (Phi) is 4.71. The van der Waals surface area contributed by atoms with E-state index in [-0.39, 0.29) is 22.6 Å². The molecule has 4 nitrogen and oxygen atoms in total. The van der Waals surface area contributed by atoms with Crippen LogP contribution in [0.15, 0.2) is 42.7 Å². The van der Waals surface area contributed by atoms with Gasteiger partial charge in [0.25, 0.3) is 5.91 Å². The van der Waals surface area contributed by atoms with E-state index in [9.17, 15) is 9.18 Å². The van der Waals surface area contributed by atoms with Crippen molar-refractivity contribution in [2.75, 3.05) is 18.8 Å². The Hall–Kier alpha value is -1.92. The number of carbonyl (C=O) groups excluding carboxylic acids is 1. The number of aryl methyl sites for hydroxylation is 1. The molecule has 3 heterocycles. The van der Waals surface area contributed by atoms with Crippen LogP contribution in [0.3, 0.4) is 0 Å². The highest BCUT2D eigenvalue weighted by Gasteiger charge is 2.51. The molecule has 1 aromatic carbocycles. The Morgan fingerprint density at radius 2 is 2.12 bits per heavy atom. The minimum Gasteiger partial charge on any atom is -0.373 e. The summed E-state index contributed by atoms with van der Waals surface area (Å²) in [5.41, 5.74) is 2.41. The molecule has 6 heteroatoms. The largest absolute Gasteiger partial charge is 0.373 e. The number of rotatable bonds is 4. The lowest BCUT2D eigenvalue weighted by Crippen LogP contribution is -2.60. The van der Waals surface area contributed by atoms with Crippen LogP contribution >= 0.6 is 11.8 Å². The Morgan fingerprint density at radius 3 is 2.85 bits per heavy atom. The van der Waals surface area contributed by atoms with Gasteiger partial charge in [-0.15, -0.1) is 11.8 Å². The van der Waals surface area contributed by atoms with Crippen molar-refractivity contribution in [3.8, 4) is 0 Å². The van der Waals surface area contributed by atoms with Gasteiger partial charge < -0.3 is 9.64 Å². The average Bonchev–Trinajstić information content (AvgIpc) is 3.04. The molecule has 0 radical (unpaired) electrons. The lowest BCUT2D eigenvalue weighted by atomic mass is 9.91. The van der Waals surface area contributed by atoms with Crippen LogP contribution in [0.25, 0.3) is 0 Å². The van der Waals surface area contributed by atoms with Crippen LogP contribution in [0.4, 0.5) is 4.39 Å². The van der Waals surface area contributed by atoms with Crippen molar-refractivity contribution in [3.63, 3.8) is 0 Å². The summed E-state index contributed by atoms with van der Waals surface area (Å²) in [5.74, 6) is 0.650. The molecule has 1 amide bonds. The fraction of sp³-hybridized carbons (Fsp3) is 0.400. The van der Waals surface area contributed by atoms with Gasteiger partial charge >= 0.3 is 0 Å². The lowest BCUT2D eigenvalue weighted by Gasteiger charge is -2.47. The number of amides is 1. The van der Waals surface area contributed by atoms with Gasteiger partial charge in [0.05, 0.1) is 17.5 Å². The first-order valence-corrected chi connectivity index (χ1v) is 9.73. The zero-order valence-electron chi connectivity index (χ0n) is 14.7. The Balaban J connectivity index is 1.31. The highest BCUT2D eigenvalue weighted by molar-refractivity contribution is 8.01. The Labute approximate surface area is 156 Å². The van der Waals surface area contributed by atoms with E-state index in [1.807, 2.05) is 28.8 Å². The molecule has 2 aliphatic heterocycles. The summed E-state index contributed by atoms with van der Waals surface area (Å²) in [7, 11) is 0. The second kappa shape index (κ2) is 7.00. The summed E-state index contributed by atoms with van der Waals surface area (Å²) >= 11 is 1.91. The molecular formula is C20H21FN2O2S. The Morgan fingerprint density at radius 1 is 1.35 bits per heavy atom. The molecule has 2 aromatic rings. The van der Waals surface area contributed by atoms with E-state index in [2.05, 4.69) is 4.98 Å². The smallest absolute Gasteiger partial charge is 0.254 e. The van der Waals surface area contributed by atoms with Crippen molar-refractivity contribution in [1.82, 2.24) is 9.88 Å². The van der Waals surface area contributed by atoms with Crippen LogP contribution in [0.2, 0.25) is 0 Å². The molecular weight excluding hydrogens is 351 g/mol. The van der Waals surface area contributed by atoms with Gasteiger partial charge in [-0.1, -0.05) is 0 Å². The van der Waals surface area contributed by atoms with Crippen LogP contribution in [0.1, 0.15) is 27.9 Å². The third-order valence-electron chi connectivity index (χ3n) is 5.07. The molecule has 2 fully saturated rings. The SMILES string of the molecule is Cc1cc(F)ccc1C(=O)N1CC2(CC(OCc3ccncc3)CS2)C1. The number of hydrogen-bond acceptors (Lipinski definition) is 4. The molecule has 1 unspecified atom stereocenters. The average molecular weight is 372 g/mol. The van der Waals surface area contributed by atoms with Gasteiger partial charge in [-0.3, -0.25) is 9.78 Å². The van der Waals surface area contributed by atoms with E-state index in [0.717, 1.165) is 30.8 Å². The second-order valence-electron chi connectivity index (χ2n) is 7.11. The van der Waals surface area contributed by atoms with Crippen LogP contribution in [0, 0.1) is 12.7 Å². The van der Waals surface area contributed by atoms with E-state index in [1.54, 1.807) is 25.4 Å². The number of likely N-dealkylation sites (tertiary alicyclic amines) is 1. The van der Waals surface area contributed by atoms with Gasteiger partial charge in [-0.2, -0.15) is 0 Å². The first kappa shape index (κ1) is 17.5. The third kappa shape index (κ3) is 3.48. The number of ether oxygens (including phenoxy) is 1. The molecule has 1 aromatic heterocycles. The van der Waals surface area contributed by atoms with Gasteiger partial charge in [0, 0.05) is 36.8 Å². The number of nitrogens with zero attached hydrogens (tertiary/aromatic N) is 2. The number of carbonyl (C=O) groups is 1. The second-order valence-corrected chi connectivity index (χ2v) is 8.60. The summed E-state index contributed by atoms with van der Waals surface area (Å²) in [5, 5.41) is 0. The van der Waals surface area contributed by atoms with Crippen molar-refractivity contribution in [2.24, 2.45) is 0 Å². The first-order chi connectivity index (χ1) is 12.5. The predicted octanol–water partition coefficient (Wildman–Crippen LogP) is 3.45. The quantitative estimate of drug-likeness (QED) is 0.825. The Bertz CT molecular complexity index is 809. The number of benzene rings is 1. The molecule has 4 rings (SSSR count). The van der Waals surface area contributed by atoms with E-state index < -0.39 is 0 Å². The van der Waals surface area contributed by atoms with Crippen LogP contribution in [0.5, 0.6) is 0 Å². The monoisotopic (exact) mass is 372 g/mol. The normalized spacial score (nSPS) is 21.0. The summed E-state index contributed by atoms with van der Waals surface area (Å²) in [6, 6.07) is 8.28. The fourth-order valence-electron chi connectivity index (χ4n) is 3.65. The molecule has 0 aliphatic carbocycles. The van der Waals surface area contributed by atoms with Crippen molar-refractivity contribution in [1.29, 1.82) is 0 Å². The van der Waals surface area contributed by atoms with Crippen LogP contribution < -0.4 is 0 Å². The van der Waals surface area contributed by atoms with Gasteiger partial charge in [-0.25, -0.2) is 4.39 Å².